The second-order valence-electron chi connectivity index (χ2n) is 9.61. The van der Waals surface area contributed by atoms with Crippen LogP contribution in [0.2, 0.25) is 0 Å². The van der Waals surface area contributed by atoms with Gasteiger partial charge in [0.05, 0.1) is 7.11 Å². The number of methoxy groups -OCH3 is 1. The van der Waals surface area contributed by atoms with Crippen LogP contribution in [0.4, 0.5) is 0 Å². The zero-order chi connectivity index (χ0) is 27.5. The average Bonchev–Trinajstić information content (AvgIpc) is 3.47. The molecule has 39 heavy (non-hydrogen) atoms. The molecule has 3 atom stereocenters. The van der Waals surface area contributed by atoms with Gasteiger partial charge in [0.25, 0.3) is 5.56 Å². The van der Waals surface area contributed by atoms with Crippen LogP contribution in [0.1, 0.15) is 41.3 Å². The first-order valence-corrected chi connectivity index (χ1v) is 12.9. The van der Waals surface area contributed by atoms with Gasteiger partial charge in [-0.1, -0.05) is 91.0 Å². The summed E-state index contributed by atoms with van der Waals surface area (Å²) < 4.78 is 14.5. The molecule has 8 nitrogen and oxygen atoms in total. The van der Waals surface area contributed by atoms with Crippen LogP contribution < -0.4 is 11.2 Å². The number of aromatic nitrogens is 2. The molecule has 0 unspecified atom stereocenters. The molecule has 2 heterocycles. The Balaban J connectivity index is 1.76. The number of rotatable bonds is 9. The van der Waals surface area contributed by atoms with E-state index in [-0.39, 0.29) is 0 Å². The van der Waals surface area contributed by atoms with E-state index in [0.717, 1.165) is 16.7 Å². The van der Waals surface area contributed by atoms with Crippen molar-refractivity contribution in [1.82, 2.24) is 9.55 Å². The molecule has 0 saturated carbocycles. The molecule has 8 heteroatoms. The summed E-state index contributed by atoms with van der Waals surface area (Å²) in [5, 5.41) is 0. The summed E-state index contributed by atoms with van der Waals surface area (Å²) in [6.45, 7) is 1.65. The van der Waals surface area contributed by atoms with E-state index in [1.54, 1.807) is 14.0 Å². The lowest BCUT2D eigenvalue weighted by Gasteiger charge is -2.51. The van der Waals surface area contributed by atoms with Crippen molar-refractivity contribution in [3.05, 3.63) is 140 Å². The summed E-state index contributed by atoms with van der Waals surface area (Å²) in [4.78, 5) is 38.8. The van der Waals surface area contributed by atoms with Crippen LogP contribution in [0.3, 0.4) is 0 Å². The Morgan fingerprint density at radius 2 is 1.33 bits per heavy atom. The SMILES string of the molecule is COO[C@](OC)([C@@H]1CC[C@H](n2cc(C)c(=O)[nH]c2=O)O1)C(c1ccccc1)(c1ccccc1)c1ccccc1. The monoisotopic (exact) mass is 528 g/mol. The predicted octanol–water partition coefficient (Wildman–Crippen LogP) is 4.48. The number of hydrogen-bond donors (Lipinski definition) is 1. The zero-order valence-electron chi connectivity index (χ0n) is 22.2. The van der Waals surface area contributed by atoms with Gasteiger partial charge in [-0.25, -0.2) is 9.68 Å². The van der Waals surface area contributed by atoms with Crippen LogP contribution in [0.15, 0.2) is 107 Å². The number of benzene rings is 3. The maximum Gasteiger partial charge on any atom is 0.330 e. The number of aromatic amines is 1. The maximum absolute atomic E-state index is 12.7. The van der Waals surface area contributed by atoms with Crippen molar-refractivity contribution in [2.24, 2.45) is 0 Å². The first-order chi connectivity index (χ1) is 19.0. The van der Waals surface area contributed by atoms with E-state index in [9.17, 15) is 9.59 Å². The van der Waals surface area contributed by atoms with Crippen LogP contribution in [0.5, 0.6) is 0 Å². The number of H-pyrrole nitrogens is 1. The van der Waals surface area contributed by atoms with Gasteiger partial charge < -0.3 is 9.47 Å². The smallest absolute Gasteiger partial charge is 0.330 e. The third-order valence-corrected chi connectivity index (χ3v) is 7.53. The van der Waals surface area contributed by atoms with E-state index in [0.29, 0.717) is 18.4 Å². The summed E-state index contributed by atoms with van der Waals surface area (Å²) in [5.74, 6) is -1.54. The van der Waals surface area contributed by atoms with Crippen LogP contribution >= 0.6 is 0 Å². The van der Waals surface area contributed by atoms with E-state index < -0.39 is 34.8 Å². The van der Waals surface area contributed by atoms with Crippen molar-refractivity contribution in [3.8, 4) is 0 Å². The molecule has 1 aliphatic rings. The lowest BCUT2D eigenvalue weighted by atomic mass is 9.62. The standard InChI is InChI=1S/C31H32N2O6/c1-22-21-33(29(35)32-28(22)34)27-20-19-26(38-27)31(36-2,39-37-3)30(23-13-7-4-8-14-23,24-15-9-5-10-16-24)25-17-11-6-12-18-25/h4-18,21,26-27H,19-20H2,1-3H3,(H,32,34,35)/t26-,27+,31+/m0/s1. The summed E-state index contributed by atoms with van der Waals surface area (Å²) in [7, 11) is 3.03. The fourth-order valence-corrected chi connectivity index (χ4v) is 5.87. The lowest BCUT2D eigenvalue weighted by molar-refractivity contribution is -0.448. The minimum Gasteiger partial charge on any atom is -0.349 e. The molecule has 1 fully saturated rings. The molecule has 0 amide bonds. The predicted molar refractivity (Wildman–Crippen MR) is 146 cm³/mol. The highest BCUT2D eigenvalue weighted by Crippen LogP contribution is 2.54. The van der Waals surface area contributed by atoms with Crippen molar-refractivity contribution < 1.29 is 19.2 Å². The van der Waals surface area contributed by atoms with Gasteiger partial charge in [0, 0.05) is 18.9 Å². The van der Waals surface area contributed by atoms with Crippen molar-refractivity contribution in [3.63, 3.8) is 0 Å². The van der Waals surface area contributed by atoms with Gasteiger partial charge >= 0.3 is 5.69 Å². The van der Waals surface area contributed by atoms with Gasteiger partial charge in [-0.2, -0.15) is 4.89 Å². The first kappa shape index (κ1) is 26.8. The number of ether oxygens (including phenoxy) is 2. The summed E-state index contributed by atoms with van der Waals surface area (Å²) in [6.07, 6.45) is 1.17. The van der Waals surface area contributed by atoms with Crippen LogP contribution in [0.25, 0.3) is 0 Å². The minimum atomic E-state index is -1.54. The minimum absolute atomic E-state index is 0.417. The molecule has 1 aromatic heterocycles. The largest absolute Gasteiger partial charge is 0.349 e. The normalized spacial score (nSPS) is 19.1. The second-order valence-corrected chi connectivity index (χ2v) is 9.61. The van der Waals surface area contributed by atoms with Gasteiger partial charge in [-0.15, -0.1) is 0 Å². The number of nitrogens with zero attached hydrogens (tertiary/aromatic N) is 1. The van der Waals surface area contributed by atoms with Gasteiger partial charge in [0.1, 0.15) is 17.7 Å². The molecular formula is C31H32N2O6. The number of hydrogen-bond acceptors (Lipinski definition) is 6. The highest BCUT2D eigenvalue weighted by atomic mass is 17.2. The molecule has 202 valence electrons. The van der Waals surface area contributed by atoms with E-state index >= 15 is 0 Å². The Labute approximate surface area is 226 Å². The van der Waals surface area contributed by atoms with Gasteiger partial charge in [-0.05, 0) is 36.5 Å². The summed E-state index contributed by atoms with van der Waals surface area (Å²) in [5.41, 5.74) is 1.12. The first-order valence-electron chi connectivity index (χ1n) is 12.9. The third kappa shape index (κ3) is 4.45. The van der Waals surface area contributed by atoms with Gasteiger partial charge in [-0.3, -0.25) is 14.3 Å². The molecule has 1 aliphatic heterocycles. The molecule has 0 bridgehead atoms. The molecule has 5 rings (SSSR count). The fraction of sp³-hybridized carbons (Fsp3) is 0.290. The number of nitrogens with one attached hydrogen (secondary N) is 1. The molecule has 0 spiro atoms. The Bertz CT molecular complexity index is 1410. The molecule has 3 aromatic carbocycles. The van der Waals surface area contributed by atoms with Crippen molar-refractivity contribution in [2.75, 3.05) is 14.2 Å². The van der Waals surface area contributed by atoms with Crippen molar-refractivity contribution in [2.45, 2.75) is 43.3 Å². The van der Waals surface area contributed by atoms with Crippen molar-refractivity contribution in [1.29, 1.82) is 0 Å². The van der Waals surface area contributed by atoms with E-state index in [1.165, 1.54) is 17.9 Å². The average molecular weight is 529 g/mol. The Morgan fingerprint density at radius 1 is 0.821 bits per heavy atom. The third-order valence-electron chi connectivity index (χ3n) is 7.53. The van der Waals surface area contributed by atoms with Crippen LogP contribution in [-0.2, 0) is 24.7 Å². The fourth-order valence-electron chi connectivity index (χ4n) is 5.87. The molecular weight excluding hydrogens is 496 g/mol. The topological polar surface area (TPSA) is 91.8 Å². The van der Waals surface area contributed by atoms with Crippen LogP contribution in [0, 0.1) is 6.92 Å². The Morgan fingerprint density at radius 3 is 1.79 bits per heavy atom. The second kappa shape index (κ2) is 11.1. The highest BCUT2D eigenvalue weighted by molar-refractivity contribution is 5.54. The van der Waals surface area contributed by atoms with Gasteiger partial charge in [0.15, 0.2) is 0 Å². The molecule has 4 aromatic rings. The molecule has 1 saturated heterocycles. The molecule has 1 N–H and O–H groups in total. The number of aryl methyl sites for hydroxylation is 1. The van der Waals surface area contributed by atoms with E-state index in [1.807, 2.05) is 91.0 Å². The summed E-state index contributed by atoms with van der Waals surface area (Å²) >= 11 is 0. The quantitative estimate of drug-likeness (QED) is 0.149. The molecule has 0 radical (unpaired) electrons. The van der Waals surface area contributed by atoms with Crippen LogP contribution in [-0.4, -0.2) is 35.7 Å². The van der Waals surface area contributed by atoms with E-state index in [4.69, 9.17) is 19.2 Å². The van der Waals surface area contributed by atoms with Gasteiger partial charge in [0.2, 0.25) is 5.79 Å². The Hall–Kier alpha value is -3.82. The maximum atomic E-state index is 12.7. The van der Waals surface area contributed by atoms with Crippen molar-refractivity contribution >= 4 is 0 Å². The highest BCUT2D eigenvalue weighted by Gasteiger charge is 2.64. The molecule has 0 aliphatic carbocycles. The van der Waals surface area contributed by atoms with E-state index in [2.05, 4.69) is 4.98 Å². The summed E-state index contributed by atoms with van der Waals surface area (Å²) in [6, 6.07) is 30.0. The lowest BCUT2D eigenvalue weighted by Crippen LogP contribution is -2.63. The zero-order valence-corrected chi connectivity index (χ0v) is 22.2. The Kier molecular flexibility index (Phi) is 7.63.